The van der Waals surface area contributed by atoms with Gasteiger partial charge in [-0.15, -0.1) is 0 Å². The lowest BCUT2D eigenvalue weighted by Crippen LogP contribution is -2.43. The van der Waals surface area contributed by atoms with Crippen molar-refractivity contribution in [2.24, 2.45) is 11.8 Å². The van der Waals surface area contributed by atoms with Crippen molar-refractivity contribution in [1.82, 2.24) is 5.32 Å². The van der Waals surface area contributed by atoms with Crippen molar-refractivity contribution in [2.75, 3.05) is 7.11 Å². The van der Waals surface area contributed by atoms with E-state index in [1.165, 1.54) is 19.2 Å². The van der Waals surface area contributed by atoms with Gasteiger partial charge in [0.25, 0.3) is 0 Å². The number of phenolic OH excluding ortho intramolecular Hbond substituents is 1. The summed E-state index contributed by atoms with van der Waals surface area (Å²) in [7, 11) is 1.28. The summed E-state index contributed by atoms with van der Waals surface area (Å²) in [6.45, 7) is 3.67. The number of allylic oxidation sites excluding steroid dienone is 3. The standard InChI is InChI=1S/C26H31NO6/c1-14-13-19-23(24(29)20(14)25(30)32-3)22(16-9-11-17(28)12-10-16)21(15(2)27-19)26(31)33-18-7-5-4-6-8-18/h9-12,14,18,20,22,27-28H,4-8,13H2,1-3H3/t14-,20+,22+/m0/s1. The van der Waals surface area contributed by atoms with E-state index in [-0.39, 0.29) is 23.6 Å². The lowest BCUT2D eigenvalue weighted by molar-refractivity contribution is -0.151. The van der Waals surface area contributed by atoms with Crippen molar-refractivity contribution in [3.8, 4) is 5.75 Å². The highest BCUT2D eigenvalue weighted by atomic mass is 16.5. The van der Waals surface area contributed by atoms with Gasteiger partial charge in [0.2, 0.25) is 0 Å². The third-order valence-electron chi connectivity index (χ3n) is 7.02. The molecule has 0 saturated heterocycles. The molecular formula is C26H31NO6. The second kappa shape index (κ2) is 9.41. The van der Waals surface area contributed by atoms with E-state index in [1.54, 1.807) is 12.1 Å². The Morgan fingerprint density at radius 1 is 1.09 bits per heavy atom. The minimum absolute atomic E-state index is 0.0879. The fraction of sp³-hybridized carbons (Fsp3) is 0.500. The third kappa shape index (κ3) is 4.41. The molecule has 176 valence electrons. The van der Waals surface area contributed by atoms with E-state index >= 15 is 0 Å². The average molecular weight is 454 g/mol. The average Bonchev–Trinajstić information content (AvgIpc) is 2.79. The zero-order chi connectivity index (χ0) is 23.7. The van der Waals surface area contributed by atoms with Crippen LogP contribution >= 0.6 is 0 Å². The molecule has 2 aliphatic carbocycles. The minimum Gasteiger partial charge on any atom is -0.508 e. The first-order valence-electron chi connectivity index (χ1n) is 11.6. The Morgan fingerprint density at radius 2 is 1.76 bits per heavy atom. The fourth-order valence-electron chi connectivity index (χ4n) is 5.35. The lowest BCUT2D eigenvalue weighted by Gasteiger charge is -2.38. The van der Waals surface area contributed by atoms with Gasteiger partial charge in [-0.2, -0.15) is 0 Å². The maximum atomic E-state index is 13.7. The van der Waals surface area contributed by atoms with Crippen LogP contribution in [0.25, 0.3) is 0 Å². The summed E-state index contributed by atoms with van der Waals surface area (Å²) in [5, 5.41) is 13.1. The zero-order valence-electron chi connectivity index (χ0n) is 19.3. The SMILES string of the molecule is COC(=O)[C@H]1C(=O)C2=C(C[C@@H]1C)NC(C)=C(C(=O)OC1CCCCC1)[C@H]2c1ccc(O)cc1. The number of Topliss-reactive ketones (excluding diaryl/α,β-unsaturated/α-hetero) is 1. The van der Waals surface area contributed by atoms with Crippen LogP contribution in [0.5, 0.6) is 5.75 Å². The van der Waals surface area contributed by atoms with Crippen LogP contribution in [0.4, 0.5) is 0 Å². The van der Waals surface area contributed by atoms with Crippen LogP contribution in [-0.2, 0) is 23.9 Å². The molecule has 1 aromatic rings. The maximum Gasteiger partial charge on any atom is 0.337 e. The van der Waals surface area contributed by atoms with Crippen LogP contribution in [0, 0.1) is 11.8 Å². The summed E-state index contributed by atoms with van der Waals surface area (Å²) in [6, 6.07) is 6.47. The molecule has 0 bridgehead atoms. The number of esters is 2. The highest BCUT2D eigenvalue weighted by molar-refractivity contribution is 6.12. The first-order valence-corrected chi connectivity index (χ1v) is 11.6. The van der Waals surface area contributed by atoms with Crippen LogP contribution in [0.2, 0.25) is 0 Å². The molecule has 3 aliphatic rings. The van der Waals surface area contributed by atoms with Crippen molar-refractivity contribution in [3.05, 3.63) is 52.4 Å². The van der Waals surface area contributed by atoms with Crippen LogP contribution in [0.1, 0.15) is 63.9 Å². The van der Waals surface area contributed by atoms with Gasteiger partial charge >= 0.3 is 11.9 Å². The molecule has 0 spiro atoms. The van der Waals surface area contributed by atoms with Gasteiger partial charge in [-0.25, -0.2) is 4.79 Å². The van der Waals surface area contributed by atoms with Crippen LogP contribution in [0.15, 0.2) is 46.8 Å². The molecule has 1 fully saturated rings. The largest absolute Gasteiger partial charge is 0.508 e. The number of ether oxygens (including phenoxy) is 2. The Kier molecular flexibility index (Phi) is 6.58. The molecule has 7 heteroatoms. The number of hydrogen-bond acceptors (Lipinski definition) is 7. The Morgan fingerprint density at radius 3 is 2.39 bits per heavy atom. The highest BCUT2D eigenvalue weighted by Crippen LogP contribution is 2.46. The molecule has 1 aliphatic heterocycles. The van der Waals surface area contributed by atoms with Gasteiger partial charge < -0.3 is 19.9 Å². The van der Waals surface area contributed by atoms with Gasteiger partial charge in [0.15, 0.2) is 5.78 Å². The van der Waals surface area contributed by atoms with Crippen LogP contribution in [0.3, 0.4) is 0 Å². The molecule has 33 heavy (non-hydrogen) atoms. The van der Waals surface area contributed by atoms with Gasteiger partial charge in [0.05, 0.1) is 12.7 Å². The number of benzene rings is 1. The molecule has 4 rings (SSSR count). The summed E-state index contributed by atoms with van der Waals surface area (Å²) >= 11 is 0. The van der Waals surface area contributed by atoms with E-state index in [0.29, 0.717) is 28.8 Å². The number of ketones is 1. The smallest absolute Gasteiger partial charge is 0.337 e. The Bertz CT molecular complexity index is 1020. The summed E-state index contributed by atoms with van der Waals surface area (Å²) in [4.78, 5) is 39.6. The summed E-state index contributed by atoms with van der Waals surface area (Å²) < 4.78 is 10.8. The Labute approximate surface area is 193 Å². The number of dihydropyridines is 1. The monoisotopic (exact) mass is 453 g/mol. The van der Waals surface area contributed by atoms with Crippen molar-refractivity contribution >= 4 is 17.7 Å². The molecule has 0 unspecified atom stereocenters. The quantitative estimate of drug-likeness (QED) is 0.527. The number of rotatable bonds is 4. The number of phenols is 1. The Hall–Kier alpha value is -3.09. The van der Waals surface area contributed by atoms with Gasteiger partial charge in [0, 0.05) is 22.9 Å². The molecule has 0 radical (unpaired) electrons. The topological polar surface area (TPSA) is 102 Å². The van der Waals surface area contributed by atoms with Crippen molar-refractivity contribution < 1.29 is 29.0 Å². The normalized spacial score (nSPS) is 25.9. The molecule has 1 aromatic carbocycles. The van der Waals surface area contributed by atoms with E-state index in [0.717, 1.165) is 37.8 Å². The lowest BCUT2D eigenvalue weighted by atomic mass is 9.69. The van der Waals surface area contributed by atoms with Crippen molar-refractivity contribution in [1.29, 1.82) is 0 Å². The molecule has 0 aromatic heterocycles. The molecule has 2 N–H and O–H groups in total. The molecule has 0 amide bonds. The fourth-order valence-corrected chi connectivity index (χ4v) is 5.35. The second-order valence-corrected chi connectivity index (χ2v) is 9.29. The molecular weight excluding hydrogens is 422 g/mol. The highest BCUT2D eigenvalue weighted by Gasteiger charge is 2.47. The summed E-state index contributed by atoms with van der Waals surface area (Å²) in [5.74, 6) is -3.12. The zero-order valence-corrected chi connectivity index (χ0v) is 19.3. The number of hydrogen-bond donors (Lipinski definition) is 2. The molecule has 1 saturated carbocycles. The first kappa shape index (κ1) is 23.1. The van der Waals surface area contributed by atoms with Gasteiger partial charge in [0.1, 0.15) is 17.8 Å². The number of carbonyl (C=O) groups is 3. The maximum absolute atomic E-state index is 13.7. The van der Waals surface area contributed by atoms with E-state index in [4.69, 9.17) is 9.47 Å². The molecule has 3 atom stereocenters. The number of methoxy groups -OCH3 is 1. The number of carbonyl (C=O) groups excluding carboxylic acids is 3. The van der Waals surface area contributed by atoms with Crippen LogP contribution < -0.4 is 5.32 Å². The summed E-state index contributed by atoms with van der Waals surface area (Å²) in [5.41, 5.74) is 2.82. The number of nitrogens with one attached hydrogen (secondary N) is 1. The molecule has 1 heterocycles. The van der Waals surface area contributed by atoms with E-state index in [9.17, 15) is 19.5 Å². The molecule has 7 nitrogen and oxygen atoms in total. The van der Waals surface area contributed by atoms with Crippen LogP contribution in [-0.4, -0.2) is 36.0 Å². The Balaban J connectivity index is 1.77. The van der Waals surface area contributed by atoms with Gasteiger partial charge in [-0.05, 0) is 62.6 Å². The van der Waals surface area contributed by atoms with Gasteiger partial charge in [-0.3, -0.25) is 9.59 Å². The van der Waals surface area contributed by atoms with E-state index < -0.39 is 23.8 Å². The van der Waals surface area contributed by atoms with Gasteiger partial charge in [-0.1, -0.05) is 25.5 Å². The minimum atomic E-state index is -0.927. The third-order valence-corrected chi connectivity index (χ3v) is 7.02. The number of aromatic hydroxyl groups is 1. The summed E-state index contributed by atoms with van der Waals surface area (Å²) in [6.07, 6.45) is 5.23. The first-order chi connectivity index (χ1) is 15.8. The van der Waals surface area contributed by atoms with E-state index in [1.807, 2.05) is 13.8 Å². The predicted molar refractivity (Wildman–Crippen MR) is 121 cm³/mol. The van der Waals surface area contributed by atoms with Crippen molar-refractivity contribution in [3.63, 3.8) is 0 Å². The second-order valence-electron chi connectivity index (χ2n) is 9.29. The van der Waals surface area contributed by atoms with Crippen molar-refractivity contribution in [2.45, 2.75) is 64.4 Å². The van der Waals surface area contributed by atoms with E-state index in [2.05, 4.69) is 5.32 Å². The predicted octanol–water partition coefficient (Wildman–Crippen LogP) is 3.88.